The summed E-state index contributed by atoms with van der Waals surface area (Å²) in [6, 6.07) is 54.8. The van der Waals surface area contributed by atoms with Crippen LogP contribution in [0.15, 0.2) is 179 Å². The number of nitrogens with zero attached hydrogens (tertiary/aromatic N) is 3. The van der Waals surface area contributed by atoms with E-state index in [-0.39, 0.29) is 0 Å². The highest BCUT2D eigenvalue weighted by Gasteiger charge is 2.21. The van der Waals surface area contributed by atoms with Crippen LogP contribution in [0.2, 0.25) is 0 Å². The predicted molar refractivity (Wildman–Crippen MR) is 224 cm³/mol. The van der Waals surface area contributed by atoms with Gasteiger partial charge in [-0.1, -0.05) is 134 Å². The van der Waals surface area contributed by atoms with Crippen LogP contribution in [0.4, 0.5) is 0 Å². The van der Waals surface area contributed by atoms with Gasteiger partial charge in [-0.2, -0.15) is 0 Å². The number of fused-ring (bicyclic) bond motifs is 7. The molecule has 0 radical (unpaired) electrons. The molecular weight excluding hydrogens is 647 g/mol. The molecule has 0 aliphatic carbocycles. The zero-order valence-corrected chi connectivity index (χ0v) is 30.0. The van der Waals surface area contributed by atoms with E-state index in [0.717, 1.165) is 88.7 Å². The Hall–Kier alpha value is -6.78. The lowest BCUT2D eigenvalue weighted by Gasteiger charge is -2.18. The van der Waals surface area contributed by atoms with Crippen molar-refractivity contribution in [2.24, 2.45) is 9.98 Å². The molecule has 0 aliphatic rings. The van der Waals surface area contributed by atoms with E-state index in [1.165, 1.54) is 5.39 Å². The summed E-state index contributed by atoms with van der Waals surface area (Å²) in [4.78, 5) is 10.2. The van der Waals surface area contributed by atoms with Crippen molar-refractivity contribution in [1.29, 1.82) is 0 Å². The van der Waals surface area contributed by atoms with E-state index >= 15 is 0 Å². The van der Waals surface area contributed by atoms with Gasteiger partial charge in [-0.05, 0) is 78.9 Å². The van der Waals surface area contributed by atoms with Crippen LogP contribution in [0.25, 0.3) is 66.3 Å². The highest BCUT2D eigenvalue weighted by molar-refractivity contribution is 6.21. The average molecular weight is 684 g/mol. The standard InChI is InChI=1S/C49H37N3O/c1-31-26-27-37(52-44-24-13-11-21-39(44)41-28-29-42-40-22-12-14-25-45(40)53-48(42)47(41)52)30-43(31)46-32(2)16-15-23-38(46)34(4)51-49(36-19-9-6-10-20-36)50-33(3)35-17-7-5-8-18-35/h5-30H,4H2,1-3H3. The second-order valence-corrected chi connectivity index (χ2v) is 13.6. The molecule has 0 N–H and O–H groups in total. The van der Waals surface area contributed by atoms with E-state index in [0.29, 0.717) is 11.5 Å². The number of benzene rings is 7. The molecule has 2 aromatic heterocycles. The largest absolute Gasteiger partial charge is 0.454 e. The fourth-order valence-electron chi connectivity index (χ4n) is 7.62. The third-order valence-electron chi connectivity index (χ3n) is 10.2. The second kappa shape index (κ2) is 13.1. The quantitative estimate of drug-likeness (QED) is 0.127. The maximum atomic E-state index is 6.64. The highest BCUT2D eigenvalue weighted by atomic mass is 16.3. The lowest BCUT2D eigenvalue weighted by molar-refractivity contribution is 0.671. The molecule has 0 unspecified atom stereocenters. The van der Waals surface area contributed by atoms with Gasteiger partial charge in [0.2, 0.25) is 0 Å². The van der Waals surface area contributed by atoms with Gasteiger partial charge in [-0.25, -0.2) is 9.98 Å². The fraction of sp³-hybridized carbons (Fsp3) is 0.0612. The summed E-state index contributed by atoms with van der Waals surface area (Å²) in [6.07, 6.45) is 0. The molecule has 7 aromatic carbocycles. The zero-order valence-electron chi connectivity index (χ0n) is 30.0. The maximum Gasteiger partial charge on any atom is 0.160 e. The van der Waals surface area contributed by atoms with Crippen molar-refractivity contribution in [3.8, 4) is 16.8 Å². The Morgan fingerprint density at radius 3 is 2.06 bits per heavy atom. The topological polar surface area (TPSA) is 42.8 Å². The summed E-state index contributed by atoms with van der Waals surface area (Å²) in [5.74, 6) is 0.620. The number of aliphatic imine (C=N–C) groups is 2. The number of hydrogen-bond acceptors (Lipinski definition) is 2. The van der Waals surface area contributed by atoms with Gasteiger partial charge in [0.15, 0.2) is 11.4 Å². The lowest BCUT2D eigenvalue weighted by Crippen LogP contribution is -2.04. The molecule has 0 saturated carbocycles. The Morgan fingerprint density at radius 1 is 0.585 bits per heavy atom. The van der Waals surface area contributed by atoms with Gasteiger partial charge in [0.1, 0.15) is 5.58 Å². The summed E-state index contributed by atoms with van der Waals surface area (Å²) in [5, 5.41) is 4.58. The Morgan fingerprint density at radius 2 is 1.26 bits per heavy atom. The smallest absolute Gasteiger partial charge is 0.160 e. The molecule has 0 saturated heterocycles. The van der Waals surface area contributed by atoms with Crippen LogP contribution in [-0.2, 0) is 0 Å². The number of hydrogen-bond donors (Lipinski definition) is 0. The number of furan rings is 1. The summed E-state index contributed by atoms with van der Waals surface area (Å²) >= 11 is 0. The SMILES string of the molecule is C=C(N=C(N=C(C)c1ccccc1)c1ccccc1)c1cccc(C)c1-c1cc(-n2c3ccccc3c3ccc4c5ccccc5oc4c32)ccc1C. The van der Waals surface area contributed by atoms with Crippen molar-refractivity contribution in [2.45, 2.75) is 20.8 Å². The lowest BCUT2D eigenvalue weighted by atomic mass is 9.90. The summed E-state index contributed by atoms with van der Waals surface area (Å²) in [6.45, 7) is 10.9. The predicted octanol–water partition coefficient (Wildman–Crippen LogP) is 12.9. The van der Waals surface area contributed by atoms with Crippen LogP contribution in [0.3, 0.4) is 0 Å². The first-order valence-electron chi connectivity index (χ1n) is 17.9. The first-order chi connectivity index (χ1) is 26.0. The molecule has 0 amide bonds. The van der Waals surface area contributed by atoms with Crippen LogP contribution in [0.1, 0.15) is 34.7 Å². The molecule has 0 spiro atoms. The molecule has 0 atom stereocenters. The number of amidine groups is 1. The third kappa shape index (κ3) is 5.56. The first-order valence-corrected chi connectivity index (χ1v) is 17.9. The molecule has 53 heavy (non-hydrogen) atoms. The number of rotatable bonds is 6. The molecule has 0 fully saturated rings. The number of para-hydroxylation sites is 2. The van der Waals surface area contributed by atoms with Crippen molar-refractivity contribution >= 4 is 61.0 Å². The van der Waals surface area contributed by atoms with E-state index in [1.54, 1.807) is 0 Å². The average Bonchev–Trinajstić information content (AvgIpc) is 3.75. The van der Waals surface area contributed by atoms with Gasteiger partial charge < -0.3 is 8.98 Å². The normalized spacial score (nSPS) is 12.4. The van der Waals surface area contributed by atoms with E-state index in [1.807, 2.05) is 67.6 Å². The molecule has 4 heteroatoms. The maximum absolute atomic E-state index is 6.64. The Bertz CT molecular complexity index is 2920. The third-order valence-corrected chi connectivity index (χ3v) is 10.2. The Labute approximate surface area is 308 Å². The summed E-state index contributed by atoms with van der Waals surface area (Å²) in [5.41, 5.74) is 14.0. The van der Waals surface area contributed by atoms with E-state index in [4.69, 9.17) is 14.4 Å². The van der Waals surface area contributed by atoms with Gasteiger partial charge in [0.25, 0.3) is 0 Å². The van der Waals surface area contributed by atoms with Crippen LogP contribution >= 0.6 is 0 Å². The van der Waals surface area contributed by atoms with Crippen LogP contribution < -0.4 is 0 Å². The van der Waals surface area contributed by atoms with Crippen molar-refractivity contribution in [3.05, 3.63) is 192 Å². The Kier molecular flexibility index (Phi) is 7.93. The number of aryl methyl sites for hydroxylation is 2. The van der Waals surface area contributed by atoms with Gasteiger partial charge in [0, 0.05) is 44.1 Å². The van der Waals surface area contributed by atoms with Gasteiger partial charge >= 0.3 is 0 Å². The van der Waals surface area contributed by atoms with Crippen LogP contribution in [-0.4, -0.2) is 16.1 Å². The molecule has 2 heterocycles. The van der Waals surface area contributed by atoms with E-state index in [2.05, 4.69) is 122 Å². The van der Waals surface area contributed by atoms with E-state index < -0.39 is 0 Å². The molecule has 0 aliphatic heterocycles. The zero-order chi connectivity index (χ0) is 36.1. The van der Waals surface area contributed by atoms with Crippen molar-refractivity contribution in [3.63, 3.8) is 0 Å². The minimum atomic E-state index is 0.620. The number of aromatic nitrogens is 1. The van der Waals surface area contributed by atoms with Crippen LogP contribution in [0, 0.1) is 13.8 Å². The highest BCUT2D eigenvalue weighted by Crippen LogP contribution is 2.42. The molecule has 9 aromatic rings. The fourth-order valence-corrected chi connectivity index (χ4v) is 7.62. The van der Waals surface area contributed by atoms with Gasteiger partial charge in [-0.15, -0.1) is 0 Å². The molecular formula is C49H37N3O. The second-order valence-electron chi connectivity index (χ2n) is 13.6. The van der Waals surface area contributed by atoms with Gasteiger partial charge in [-0.3, -0.25) is 0 Å². The van der Waals surface area contributed by atoms with E-state index in [9.17, 15) is 0 Å². The van der Waals surface area contributed by atoms with Crippen molar-refractivity contribution in [2.75, 3.05) is 0 Å². The summed E-state index contributed by atoms with van der Waals surface area (Å²) in [7, 11) is 0. The van der Waals surface area contributed by atoms with Crippen molar-refractivity contribution in [1.82, 2.24) is 4.57 Å². The van der Waals surface area contributed by atoms with Gasteiger partial charge in [0.05, 0.1) is 16.7 Å². The minimum Gasteiger partial charge on any atom is -0.454 e. The van der Waals surface area contributed by atoms with Crippen molar-refractivity contribution < 1.29 is 4.42 Å². The molecule has 4 nitrogen and oxygen atoms in total. The summed E-state index contributed by atoms with van der Waals surface area (Å²) < 4.78 is 9.00. The Balaban J connectivity index is 1.23. The molecule has 254 valence electrons. The minimum absolute atomic E-state index is 0.620. The molecule has 9 rings (SSSR count). The first kappa shape index (κ1) is 32.1. The molecule has 0 bridgehead atoms. The van der Waals surface area contributed by atoms with Crippen LogP contribution in [0.5, 0.6) is 0 Å². The monoisotopic (exact) mass is 683 g/mol.